The maximum Gasteiger partial charge on any atom is 0.416 e. The van der Waals surface area contributed by atoms with Crippen LogP contribution in [0.4, 0.5) is 13.2 Å². The van der Waals surface area contributed by atoms with Gasteiger partial charge in [-0.2, -0.15) is 13.2 Å². The first kappa shape index (κ1) is 26.2. The second-order valence-electron chi connectivity index (χ2n) is 9.04. The summed E-state index contributed by atoms with van der Waals surface area (Å²) in [5.41, 5.74) is 3.19. The summed E-state index contributed by atoms with van der Waals surface area (Å²) >= 11 is 0. The van der Waals surface area contributed by atoms with Crippen LogP contribution >= 0.6 is 0 Å². The lowest BCUT2D eigenvalue weighted by molar-refractivity contribution is -0.137. The van der Waals surface area contributed by atoms with Gasteiger partial charge in [0.1, 0.15) is 5.82 Å². The van der Waals surface area contributed by atoms with E-state index in [-0.39, 0.29) is 17.3 Å². The predicted octanol–water partition coefficient (Wildman–Crippen LogP) is 6.25. The Labute approximate surface area is 222 Å². The average Bonchev–Trinajstić information content (AvgIpc) is 3.35. The molecule has 198 valence electrons. The van der Waals surface area contributed by atoms with Crippen LogP contribution in [0.5, 0.6) is 0 Å². The first-order valence-corrected chi connectivity index (χ1v) is 13.7. The second kappa shape index (κ2) is 10.0. The number of carbonyl (C=O) groups is 1. The maximum absolute atomic E-state index is 13.0. The van der Waals surface area contributed by atoms with E-state index in [1.807, 2.05) is 18.2 Å². The van der Waals surface area contributed by atoms with Crippen LogP contribution in [0.15, 0.2) is 95.9 Å². The highest BCUT2D eigenvalue weighted by atomic mass is 32.2. The minimum Gasteiger partial charge on any atom is -0.348 e. The fourth-order valence-electron chi connectivity index (χ4n) is 4.27. The van der Waals surface area contributed by atoms with E-state index >= 15 is 0 Å². The summed E-state index contributed by atoms with van der Waals surface area (Å²) in [5.74, 6) is 0.0932. The number of aromatic nitrogens is 2. The first-order chi connectivity index (χ1) is 18.5. The molecule has 5 aromatic rings. The number of benzene rings is 4. The van der Waals surface area contributed by atoms with Gasteiger partial charge in [-0.1, -0.05) is 54.6 Å². The molecule has 0 aliphatic rings. The third kappa shape index (κ3) is 5.70. The van der Waals surface area contributed by atoms with Crippen molar-refractivity contribution in [1.29, 1.82) is 0 Å². The lowest BCUT2D eigenvalue weighted by Crippen LogP contribution is -2.23. The quantitative estimate of drug-likeness (QED) is 0.262. The average molecular weight is 550 g/mol. The van der Waals surface area contributed by atoms with Crippen LogP contribution in [-0.2, 0) is 22.6 Å². The molecule has 39 heavy (non-hydrogen) atoms. The van der Waals surface area contributed by atoms with Gasteiger partial charge in [0.25, 0.3) is 5.91 Å². The lowest BCUT2D eigenvalue weighted by Gasteiger charge is -2.10. The van der Waals surface area contributed by atoms with Crippen LogP contribution in [0.1, 0.15) is 21.5 Å². The first-order valence-electron chi connectivity index (χ1n) is 11.8. The number of sulfone groups is 1. The van der Waals surface area contributed by atoms with Crippen molar-refractivity contribution in [3.8, 4) is 22.5 Å². The van der Waals surface area contributed by atoms with E-state index in [4.69, 9.17) is 0 Å². The zero-order chi connectivity index (χ0) is 27.8. The van der Waals surface area contributed by atoms with Crippen LogP contribution in [-0.4, -0.2) is 30.5 Å². The molecule has 5 rings (SSSR count). The van der Waals surface area contributed by atoms with Crippen molar-refractivity contribution in [2.24, 2.45) is 0 Å². The predicted molar refractivity (Wildman–Crippen MR) is 143 cm³/mol. The van der Waals surface area contributed by atoms with E-state index in [0.29, 0.717) is 33.5 Å². The standard InChI is InChI=1S/C29H22F3N3O3S/c1-39(37,38)26-8-3-2-5-22(26)17-33-28(36)21-7-4-6-20(15-21)18-9-11-19(12-10-18)27-34-24-14-13-23(29(30,31)32)16-25(24)35-27/h2-16H,17H2,1H3,(H,33,36)(H,34,35). The number of carbonyl (C=O) groups excluding carboxylic acids is 1. The molecular formula is C29H22F3N3O3S. The van der Waals surface area contributed by atoms with Crippen LogP contribution in [0.25, 0.3) is 33.5 Å². The number of hydrogen-bond acceptors (Lipinski definition) is 4. The number of halogens is 3. The van der Waals surface area contributed by atoms with Gasteiger partial charge in [0.2, 0.25) is 0 Å². The van der Waals surface area contributed by atoms with Crippen molar-refractivity contribution >= 4 is 26.8 Å². The molecular weight excluding hydrogens is 527 g/mol. The number of alkyl halides is 3. The van der Waals surface area contributed by atoms with Gasteiger partial charge in [-0.3, -0.25) is 4.79 Å². The van der Waals surface area contributed by atoms with E-state index in [2.05, 4.69) is 15.3 Å². The summed E-state index contributed by atoms with van der Waals surface area (Å²) in [6.07, 6.45) is -3.31. The monoisotopic (exact) mass is 549 g/mol. The van der Waals surface area contributed by atoms with Gasteiger partial charge in [0, 0.05) is 23.9 Å². The third-order valence-corrected chi connectivity index (χ3v) is 7.43. The largest absolute Gasteiger partial charge is 0.416 e. The fourth-order valence-corrected chi connectivity index (χ4v) is 5.21. The second-order valence-corrected chi connectivity index (χ2v) is 11.0. The Kier molecular flexibility index (Phi) is 6.73. The van der Waals surface area contributed by atoms with Gasteiger partial charge in [0.05, 0.1) is 21.5 Å². The van der Waals surface area contributed by atoms with Gasteiger partial charge in [-0.25, -0.2) is 13.4 Å². The molecule has 0 fully saturated rings. The van der Waals surface area contributed by atoms with Crippen molar-refractivity contribution in [2.75, 3.05) is 6.26 Å². The lowest BCUT2D eigenvalue weighted by atomic mass is 10.0. The van der Waals surface area contributed by atoms with Crippen LogP contribution in [0.2, 0.25) is 0 Å². The summed E-state index contributed by atoms with van der Waals surface area (Å²) < 4.78 is 63.1. The van der Waals surface area contributed by atoms with Crippen molar-refractivity contribution in [1.82, 2.24) is 15.3 Å². The normalized spacial score (nSPS) is 12.0. The summed E-state index contributed by atoms with van der Waals surface area (Å²) in [6.45, 7) is 0.0585. The van der Waals surface area contributed by atoms with Crippen LogP contribution in [0, 0.1) is 0 Å². The Balaban J connectivity index is 1.33. The maximum atomic E-state index is 13.0. The molecule has 0 spiro atoms. The van der Waals surface area contributed by atoms with Crippen molar-refractivity contribution in [3.63, 3.8) is 0 Å². The highest BCUT2D eigenvalue weighted by Crippen LogP contribution is 2.32. The molecule has 2 N–H and O–H groups in total. The summed E-state index contributed by atoms with van der Waals surface area (Å²) in [6, 6.07) is 24.2. The van der Waals surface area contributed by atoms with Crippen molar-refractivity contribution < 1.29 is 26.4 Å². The van der Waals surface area contributed by atoms with Crippen LogP contribution in [0.3, 0.4) is 0 Å². The number of imidazole rings is 1. The Morgan fingerprint density at radius 1 is 0.872 bits per heavy atom. The van der Waals surface area contributed by atoms with Gasteiger partial charge < -0.3 is 10.3 Å². The van der Waals surface area contributed by atoms with Crippen molar-refractivity contribution in [2.45, 2.75) is 17.6 Å². The number of nitrogens with zero attached hydrogens (tertiary/aromatic N) is 1. The number of aromatic amines is 1. The fraction of sp³-hybridized carbons (Fsp3) is 0.103. The van der Waals surface area contributed by atoms with Crippen molar-refractivity contribution in [3.05, 3.63) is 108 Å². The molecule has 4 aromatic carbocycles. The smallest absolute Gasteiger partial charge is 0.348 e. The topological polar surface area (TPSA) is 91.9 Å². The number of nitrogens with one attached hydrogen (secondary N) is 2. The van der Waals surface area contributed by atoms with E-state index in [0.717, 1.165) is 29.5 Å². The van der Waals surface area contributed by atoms with Gasteiger partial charge >= 0.3 is 6.18 Å². The van der Waals surface area contributed by atoms with E-state index in [1.165, 1.54) is 12.1 Å². The summed E-state index contributed by atoms with van der Waals surface area (Å²) in [4.78, 5) is 20.3. The molecule has 0 saturated carbocycles. The molecule has 0 unspecified atom stereocenters. The summed E-state index contributed by atoms with van der Waals surface area (Å²) in [7, 11) is -3.43. The molecule has 6 nitrogen and oxygen atoms in total. The van der Waals surface area contributed by atoms with E-state index in [9.17, 15) is 26.4 Å². The number of fused-ring (bicyclic) bond motifs is 1. The SMILES string of the molecule is CS(=O)(=O)c1ccccc1CNC(=O)c1cccc(-c2ccc(-c3nc4ccc(C(F)(F)F)cc4[nH]3)cc2)c1. The molecule has 0 aliphatic heterocycles. The number of amides is 1. The number of H-pyrrole nitrogens is 1. The Morgan fingerprint density at radius 3 is 2.31 bits per heavy atom. The Hall–Kier alpha value is -4.44. The molecule has 0 radical (unpaired) electrons. The zero-order valence-corrected chi connectivity index (χ0v) is 21.4. The van der Waals surface area contributed by atoms with Gasteiger partial charge in [-0.05, 0) is 53.1 Å². The molecule has 1 heterocycles. The minimum atomic E-state index is -4.44. The Bertz CT molecular complexity index is 1790. The molecule has 0 aliphatic carbocycles. The van der Waals surface area contributed by atoms with Gasteiger partial charge in [-0.15, -0.1) is 0 Å². The Morgan fingerprint density at radius 2 is 1.59 bits per heavy atom. The highest BCUT2D eigenvalue weighted by Gasteiger charge is 2.30. The molecule has 0 atom stereocenters. The molecule has 0 bridgehead atoms. The highest BCUT2D eigenvalue weighted by molar-refractivity contribution is 7.90. The molecule has 1 amide bonds. The summed E-state index contributed by atoms with van der Waals surface area (Å²) in [5, 5.41) is 2.78. The molecule has 10 heteroatoms. The number of hydrogen-bond donors (Lipinski definition) is 2. The molecule has 0 saturated heterocycles. The van der Waals surface area contributed by atoms with E-state index in [1.54, 1.807) is 48.5 Å². The zero-order valence-electron chi connectivity index (χ0n) is 20.6. The van der Waals surface area contributed by atoms with E-state index < -0.39 is 21.6 Å². The van der Waals surface area contributed by atoms with Gasteiger partial charge in [0.15, 0.2) is 9.84 Å². The minimum absolute atomic E-state index is 0.0585. The third-order valence-electron chi connectivity index (χ3n) is 6.24. The van der Waals surface area contributed by atoms with Crippen LogP contribution < -0.4 is 5.32 Å². The molecule has 1 aromatic heterocycles. The number of rotatable bonds is 6.